The fourth-order valence-electron chi connectivity index (χ4n) is 3.13. The molecule has 2 rings (SSSR count). The summed E-state index contributed by atoms with van der Waals surface area (Å²) in [6.45, 7) is 8.97. The first-order valence-electron chi connectivity index (χ1n) is 6.17. The number of hydrogen-bond donors (Lipinski definition) is 0. The molecule has 1 saturated carbocycles. The Morgan fingerprint density at radius 1 is 1.19 bits per heavy atom. The molecule has 16 heavy (non-hydrogen) atoms. The number of likely N-dealkylation sites (tertiary alicyclic amines) is 1. The molecular formula is C13H21NO2. The number of amides is 2. The predicted octanol–water partition coefficient (Wildman–Crippen LogP) is 2.06. The standard InChI is InChI=1S/C13H21NO2/c1-8(2)7-14-11(15)9-5-13(3,4)6-10(9)12(14)16/h8-10H,5-7H2,1-4H3. The minimum absolute atomic E-state index is 0.0266. The second kappa shape index (κ2) is 3.57. The number of carbonyl (C=O) groups is 2. The van der Waals surface area contributed by atoms with E-state index in [1.807, 2.05) is 13.8 Å². The van der Waals surface area contributed by atoms with Gasteiger partial charge in [0.25, 0.3) is 0 Å². The molecule has 2 atom stereocenters. The molecule has 1 heterocycles. The second-order valence-electron chi connectivity index (χ2n) is 6.47. The Hall–Kier alpha value is -0.860. The van der Waals surface area contributed by atoms with E-state index in [-0.39, 0.29) is 29.1 Å². The molecule has 0 bridgehead atoms. The van der Waals surface area contributed by atoms with Crippen molar-refractivity contribution in [3.63, 3.8) is 0 Å². The molecule has 0 aromatic rings. The van der Waals surface area contributed by atoms with E-state index in [2.05, 4.69) is 13.8 Å². The Bertz CT molecular complexity index is 307. The summed E-state index contributed by atoms with van der Waals surface area (Å²) in [6, 6.07) is 0. The molecule has 0 aromatic heterocycles. The van der Waals surface area contributed by atoms with Gasteiger partial charge in [0, 0.05) is 6.54 Å². The fraction of sp³-hybridized carbons (Fsp3) is 0.846. The Morgan fingerprint density at radius 2 is 1.62 bits per heavy atom. The van der Waals surface area contributed by atoms with Gasteiger partial charge in [0.15, 0.2) is 0 Å². The second-order valence-corrected chi connectivity index (χ2v) is 6.47. The normalized spacial score (nSPS) is 32.7. The van der Waals surface area contributed by atoms with E-state index < -0.39 is 0 Å². The van der Waals surface area contributed by atoms with Gasteiger partial charge in [-0.3, -0.25) is 14.5 Å². The van der Waals surface area contributed by atoms with Crippen molar-refractivity contribution in [3.8, 4) is 0 Å². The average Bonchev–Trinajstić information content (AvgIpc) is 2.56. The van der Waals surface area contributed by atoms with Crippen molar-refractivity contribution in [2.45, 2.75) is 40.5 Å². The maximum Gasteiger partial charge on any atom is 0.233 e. The van der Waals surface area contributed by atoms with Crippen LogP contribution in [-0.4, -0.2) is 23.3 Å². The van der Waals surface area contributed by atoms with Gasteiger partial charge in [0.1, 0.15) is 0 Å². The van der Waals surface area contributed by atoms with Gasteiger partial charge in [-0.25, -0.2) is 0 Å². The number of carbonyl (C=O) groups excluding carboxylic acids is 2. The summed E-state index contributed by atoms with van der Waals surface area (Å²) in [5, 5.41) is 0. The first kappa shape index (κ1) is 11.6. The lowest BCUT2D eigenvalue weighted by Crippen LogP contribution is -2.35. The van der Waals surface area contributed by atoms with E-state index in [1.54, 1.807) is 0 Å². The number of nitrogens with zero attached hydrogens (tertiary/aromatic N) is 1. The highest BCUT2D eigenvalue weighted by atomic mass is 16.2. The van der Waals surface area contributed by atoms with Crippen LogP contribution in [0.4, 0.5) is 0 Å². The summed E-state index contributed by atoms with van der Waals surface area (Å²) in [5.74, 6) is 0.464. The van der Waals surface area contributed by atoms with Gasteiger partial charge in [0.05, 0.1) is 11.8 Å². The molecule has 1 saturated heterocycles. The molecule has 1 aliphatic heterocycles. The third-order valence-corrected chi connectivity index (χ3v) is 3.74. The van der Waals surface area contributed by atoms with Crippen LogP contribution in [0.3, 0.4) is 0 Å². The van der Waals surface area contributed by atoms with Crippen molar-refractivity contribution in [1.82, 2.24) is 4.90 Å². The Morgan fingerprint density at radius 3 is 2.00 bits per heavy atom. The van der Waals surface area contributed by atoms with Crippen LogP contribution in [0.2, 0.25) is 0 Å². The van der Waals surface area contributed by atoms with Crippen molar-refractivity contribution in [1.29, 1.82) is 0 Å². The van der Waals surface area contributed by atoms with Crippen LogP contribution in [0.1, 0.15) is 40.5 Å². The molecule has 2 amide bonds. The van der Waals surface area contributed by atoms with Crippen molar-refractivity contribution in [2.24, 2.45) is 23.2 Å². The van der Waals surface area contributed by atoms with Gasteiger partial charge in [-0.1, -0.05) is 27.7 Å². The van der Waals surface area contributed by atoms with Gasteiger partial charge >= 0.3 is 0 Å². The largest absolute Gasteiger partial charge is 0.282 e. The summed E-state index contributed by atoms with van der Waals surface area (Å²) in [4.78, 5) is 25.7. The molecule has 1 aliphatic carbocycles. The van der Waals surface area contributed by atoms with Crippen LogP contribution < -0.4 is 0 Å². The molecule has 90 valence electrons. The summed E-state index contributed by atoms with van der Waals surface area (Å²) >= 11 is 0. The molecule has 0 radical (unpaired) electrons. The lowest BCUT2D eigenvalue weighted by atomic mass is 9.89. The van der Waals surface area contributed by atoms with Gasteiger partial charge < -0.3 is 0 Å². The monoisotopic (exact) mass is 223 g/mol. The molecule has 2 unspecified atom stereocenters. The zero-order valence-electron chi connectivity index (χ0n) is 10.6. The molecule has 2 fully saturated rings. The third kappa shape index (κ3) is 1.76. The topological polar surface area (TPSA) is 37.4 Å². The van der Waals surface area contributed by atoms with Crippen LogP contribution in [0.15, 0.2) is 0 Å². The molecule has 0 N–H and O–H groups in total. The minimum atomic E-state index is -0.0266. The van der Waals surface area contributed by atoms with Gasteiger partial charge in [-0.15, -0.1) is 0 Å². The highest BCUT2D eigenvalue weighted by Crippen LogP contribution is 2.49. The summed E-state index contributed by atoms with van der Waals surface area (Å²) in [5.41, 5.74) is 0.157. The highest BCUT2D eigenvalue weighted by Gasteiger charge is 2.54. The first-order valence-corrected chi connectivity index (χ1v) is 6.17. The van der Waals surface area contributed by atoms with E-state index in [4.69, 9.17) is 0 Å². The van der Waals surface area contributed by atoms with E-state index in [9.17, 15) is 9.59 Å². The van der Waals surface area contributed by atoms with Gasteiger partial charge in [-0.05, 0) is 24.2 Å². The number of rotatable bonds is 2. The van der Waals surface area contributed by atoms with Crippen molar-refractivity contribution >= 4 is 11.8 Å². The van der Waals surface area contributed by atoms with E-state index in [1.165, 1.54) is 4.90 Å². The predicted molar refractivity (Wildman–Crippen MR) is 61.6 cm³/mol. The molecule has 0 aromatic carbocycles. The fourth-order valence-corrected chi connectivity index (χ4v) is 3.13. The van der Waals surface area contributed by atoms with Crippen molar-refractivity contribution < 1.29 is 9.59 Å². The molecule has 3 nitrogen and oxygen atoms in total. The van der Waals surface area contributed by atoms with E-state index in [0.29, 0.717) is 12.5 Å². The zero-order valence-corrected chi connectivity index (χ0v) is 10.6. The molecule has 3 heteroatoms. The van der Waals surface area contributed by atoms with Gasteiger partial charge in [0.2, 0.25) is 11.8 Å². The molecule has 2 aliphatic rings. The Labute approximate surface area is 97.2 Å². The smallest absolute Gasteiger partial charge is 0.233 e. The molecule has 0 spiro atoms. The number of hydrogen-bond acceptors (Lipinski definition) is 2. The third-order valence-electron chi connectivity index (χ3n) is 3.74. The minimum Gasteiger partial charge on any atom is -0.282 e. The van der Waals surface area contributed by atoms with E-state index in [0.717, 1.165) is 12.8 Å². The van der Waals surface area contributed by atoms with E-state index >= 15 is 0 Å². The maximum absolute atomic E-state index is 12.1. The Kier molecular flexibility index (Phi) is 2.59. The van der Waals surface area contributed by atoms with Crippen LogP contribution >= 0.6 is 0 Å². The van der Waals surface area contributed by atoms with Crippen molar-refractivity contribution in [2.75, 3.05) is 6.54 Å². The zero-order chi connectivity index (χ0) is 12.1. The van der Waals surface area contributed by atoms with Crippen molar-refractivity contribution in [3.05, 3.63) is 0 Å². The quantitative estimate of drug-likeness (QED) is 0.672. The summed E-state index contributed by atoms with van der Waals surface area (Å²) in [7, 11) is 0. The number of imide groups is 1. The van der Waals surface area contributed by atoms with Crippen LogP contribution in [0.5, 0.6) is 0 Å². The average molecular weight is 223 g/mol. The number of fused-ring (bicyclic) bond motifs is 1. The SMILES string of the molecule is CC(C)CN1C(=O)C2CC(C)(C)CC2C1=O. The lowest BCUT2D eigenvalue weighted by molar-refractivity contribution is -0.141. The maximum atomic E-state index is 12.1. The molecular weight excluding hydrogens is 202 g/mol. The highest BCUT2D eigenvalue weighted by molar-refractivity contribution is 6.05. The summed E-state index contributed by atoms with van der Waals surface area (Å²) in [6.07, 6.45) is 1.74. The van der Waals surface area contributed by atoms with Crippen LogP contribution in [0.25, 0.3) is 0 Å². The summed E-state index contributed by atoms with van der Waals surface area (Å²) < 4.78 is 0. The van der Waals surface area contributed by atoms with Crippen LogP contribution in [-0.2, 0) is 9.59 Å². The Balaban J connectivity index is 2.16. The first-order chi connectivity index (χ1) is 7.32. The lowest BCUT2D eigenvalue weighted by Gasteiger charge is -2.22. The van der Waals surface area contributed by atoms with Crippen LogP contribution in [0, 0.1) is 23.2 Å². The van der Waals surface area contributed by atoms with Gasteiger partial charge in [-0.2, -0.15) is 0 Å².